The summed E-state index contributed by atoms with van der Waals surface area (Å²) >= 11 is 3.39. The van der Waals surface area contributed by atoms with Crippen molar-refractivity contribution in [2.24, 2.45) is 5.92 Å². The monoisotopic (exact) mass is 337 g/mol. The first kappa shape index (κ1) is 15.2. The Morgan fingerprint density at radius 3 is 2.80 bits per heavy atom. The fourth-order valence-corrected chi connectivity index (χ4v) is 2.30. The minimum atomic E-state index is 0.00954. The highest BCUT2D eigenvalue weighted by Crippen LogP contribution is 2.14. The number of fused-ring (bicyclic) bond motifs is 1. The molecule has 1 atom stereocenters. The molecule has 2 rings (SSSR count). The number of hydrogen-bond donors (Lipinski definition) is 1. The minimum Gasteiger partial charge on any atom is -0.312 e. The SMILES string of the molecule is CC(C)C(C)NCCn1cnc2ccc(Br)cc2c1=O. The maximum absolute atomic E-state index is 12.4. The summed E-state index contributed by atoms with van der Waals surface area (Å²) in [4.78, 5) is 16.7. The normalized spacial score (nSPS) is 13.1. The van der Waals surface area contributed by atoms with Gasteiger partial charge in [-0.1, -0.05) is 29.8 Å². The predicted octanol–water partition coefficient (Wildman–Crippen LogP) is 2.79. The van der Waals surface area contributed by atoms with Crippen molar-refractivity contribution in [1.29, 1.82) is 0 Å². The van der Waals surface area contributed by atoms with Gasteiger partial charge in [-0.25, -0.2) is 4.98 Å². The second-order valence-electron chi connectivity index (χ2n) is 5.39. The second-order valence-corrected chi connectivity index (χ2v) is 6.31. The molecule has 0 aliphatic heterocycles. The molecule has 0 amide bonds. The smallest absolute Gasteiger partial charge is 0.261 e. The molecule has 0 saturated heterocycles. The maximum Gasteiger partial charge on any atom is 0.261 e. The molecule has 0 aliphatic rings. The van der Waals surface area contributed by atoms with Crippen molar-refractivity contribution in [2.75, 3.05) is 6.54 Å². The lowest BCUT2D eigenvalue weighted by Crippen LogP contribution is -2.35. The van der Waals surface area contributed by atoms with Crippen LogP contribution < -0.4 is 10.9 Å². The zero-order valence-corrected chi connectivity index (χ0v) is 13.6. The van der Waals surface area contributed by atoms with Crippen LogP contribution in [0.5, 0.6) is 0 Å². The Bertz CT molecular complexity index is 651. The molecule has 108 valence electrons. The standard InChI is InChI=1S/C15H20BrN3O/c1-10(2)11(3)17-6-7-19-9-18-14-5-4-12(16)8-13(14)15(19)20/h4-5,8-11,17H,6-7H2,1-3H3. The van der Waals surface area contributed by atoms with Gasteiger partial charge in [0.1, 0.15) is 0 Å². The maximum atomic E-state index is 12.4. The van der Waals surface area contributed by atoms with E-state index in [1.807, 2.05) is 18.2 Å². The van der Waals surface area contributed by atoms with Crippen LogP contribution in [-0.4, -0.2) is 22.1 Å². The van der Waals surface area contributed by atoms with Crippen LogP contribution in [0.2, 0.25) is 0 Å². The zero-order chi connectivity index (χ0) is 14.7. The van der Waals surface area contributed by atoms with Crippen molar-refractivity contribution in [1.82, 2.24) is 14.9 Å². The Labute approximate surface area is 127 Å². The van der Waals surface area contributed by atoms with Gasteiger partial charge in [0.05, 0.1) is 17.2 Å². The Morgan fingerprint density at radius 2 is 2.10 bits per heavy atom. The van der Waals surface area contributed by atoms with Gasteiger partial charge >= 0.3 is 0 Å². The van der Waals surface area contributed by atoms with E-state index in [2.05, 4.69) is 47.0 Å². The summed E-state index contributed by atoms with van der Waals surface area (Å²) in [6.45, 7) is 7.91. The van der Waals surface area contributed by atoms with Crippen LogP contribution in [0.3, 0.4) is 0 Å². The van der Waals surface area contributed by atoms with Crippen LogP contribution >= 0.6 is 15.9 Å². The molecule has 0 fully saturated rings. The van der Waals surface area contributed by atoms with Crippen molar-refractivity contribution >= 4 is 26.8 Å². The van der Waals surface area contributed by atoms with Gasteiger partial charge in [-0.3, -0.25) is 9.36 Å². The molecule has 5 heteroatoms. The van der Waals surface area contributed by atoms with Crippen molar-refractivity contribution in [3.63, 3.8) is 0 Å². The van der Waals surface area contributed by atoms with E-state index in [0.717, 1.165) is 16.5 Å². The quantitative estimate of drug-likeness (QED) is 0.912. The van der Waals surface area contributed by atoms with Crippen LogP contribution in [0, 0.1) is 5.92 Å². The van der Waals surface area contributed by atoms with E-state index in [1.165, 1.54) is 0 Å². The van der Waals surface area contributed by atoms with E-state index < -0.39 is 0 Å². The van der Waals surface area contributed by atoms with Gasteiger partial charge in [0.15, 0.2) is 0 Å². The average Bonchev–Trinajstić information content (AvgIpc) is 2.41. The number of aromatic nitrogens is 2. The Kier molecular flexibility index (Phi) is 4.94. The van der Waals surface area contributed by atoms with E-state index in [1.54, 1.807) is 10.9 Å². The number of nitrogens with zero attached hydrogens (tertiary/aromatic N) is 2. The molecule has 1 N–H and O–H groups in total. The lowest BCUT2D eigenvalue weighted by Gasteiger charge is -2.17. The summed E-state index contributed by atoms with van der Waals surface area (Å²) in [5.74, 6) is 0.581. The third-order valence-corrected chi connectivity index (χ3v) is 4.10. The summed E-state index contributed by atoms with van der Waals surface area (Å²) in [6.07, 6.45) is 1.63. The third-order valence-electron chi connectivity index (χ3n) is 3.61. The Morgan fingerprint density at radius 1 is 1.35 bits per heavy atom. The Hall–Kier alpha value is -1.20. The van der Waals surface area contributed by atoms with E-state index in [0.29, 0.717) is 23.9 Å². The minimum absolute atomic E-state index is 0.00954. The highest BCUT2D eigenvalue weighted by Gasteiger charge is 2.07. The largest absolute Gasteiger partial charge is 0.312 e. The summed E-state index contributed by atoms with van der Waals surface area (Å²) in [6, 6.07) is 6.01. The molecule has 1 aromatic carbocycles. The molecule has 4 nitrogen and oxygen atoms in total. The number of nitrogens with one attached hydrogen (secondary N) is 1. The summed E-state index contributed by atoms with van der Waals surface area (Å²) in [7, 11) is 0. The first-order chi connectivity index (χ1) is 9.49. The fraction of sp³-hybridized carbons (Fsp3) is 0.467. The molecule has 0 radical (unpaired) electrons. The van der Waals surface area contributed by atoms with Crippen LogP contribution in [0.1, 0.15) is 20.8 Å². The van der Waals surface area contributed by atoms with Gasteiger partial charge in [-0.05, 0) is 31.0 Å². The van der Waals surface area contributed by atoms with Gasteiger partial charge in [0.25, 0.3) is 5.56 Å². The number of benzene rings is 1. The van der Waals surface area contributed by atoms with Crippen molar-refractivity contribution in [3.8, 4) is 0 Å². The topological polar surface area (TPSA) is 46.9 Å². The van der Waals surface area contributed by atoms with Crippen molar-refractivity contribution in [2.45, 2.75) is 33.4 Å². The van der Waals surface area contributed by atoms with Gasteiger partial charge in [0, 0.05) is 23.6 Å². The van der Waals surface area contributed by atoms with Crippen LogP contribution in [-0.2, 0) is 6.54 Å². The molecule has 1 aromatic heterocycles. The number of halogens is 1. The average molecular weight is 338 g/mol. The lowest BCUT2D eigenvalue weighted by molar-refractivity contribution is 0.415. The summed E-state index contributed by atoms with van der Waals surface area (Å²) in [5.41, 5.74) is 0.744. The van der Waals surface area contributed by atoms with E-state index in [-0.39, 0.29) is 5.56 Å². The zero-order valence-electron chi connectivity index (χ0n) is 12.1. The third kappa shape index (κ3) is 3.46. The summed E-state index contributed by atoms with van der Waals surface area (Å²) in [5, 5.41) is 4.07. The fourth-order valence-electron chi connectivity index (χ4n) is 1.94. The van der Waals surface area contributed by atoms with Crippen molar-refractivity contribution in [3.05, 3.63) is 39.4 Å². The van der Waals surface area contributed by atoms with Gasteiger partial charge in [-0.15, -0.1) is 0 Å². The Balaban J connectivity index is 2.15. The summed E-state index contributed by atoms with van der Waals surface area (Å²) < 4.78 is 2.56. The predicted molar refractivity (Wildman–Crippen MR) is 86.0 cm³/mol. The first-order valence-corrected chi connectivity index (χ1v) is 7.66. The highest BCUT2D eigenvalue weighted by molar-refractivity contribution is 9.10. The van der Waals surface area contributed by atoms with Gasteiger partial charge < -0.3 is 5.32 Å². The van der Waals surface area contributed by atoms with Crippen molar-refractivity contribution < 1.29 is 0 Å². The van der Waals surface area contributed by atoms with Crippen LogP contribution in [0.15, 0.2) is 33.8 Å². The van der Waals surface area contributed by atoms with Gasteiger partial charge in [0.2, 0.25) is 0 Å². The molecular formula is C15H20BrN3O. The first-order valence-electron chi connectivity index (χ1n) is 6.87. The highest BCUT2D eigenvalue weighted by atomic mass is 79.9. The molecular weight excluding hydrogens is 318 g/mol. The lowest BCUT2D eigenvalue weighted by atomic mass is 10.1. The van der Waals surface area contributed by atoms with E-state index >= 15 is 0 Å². The molecule has 1 heterocycles. The molecule has 20 heavy (non-hydrogen) atoms. The number of rotatable bonds is 5. The van der Waals surface area contributed by atoms with Gasteiger partial charge in [-0.2, -0.15) is 0 Å². The molecule has 0 spiro atoms. The molecule has 0 bridgehead atoms. The number of hydrogen-bond acceptors (Lipinski definition) is 3. The molecule has 2 aromatic rings. The van der Waals surface area contributed by atoms with E-state index in [4.69, 9.17) is 0 Å². The molecule has 0 aliphatic carbocycles. The van der Waals surface area contributed by atoms with Crippen LogP contribution in [0.25, 0.3) is 10.9 Å². The molecule has 1 unspecified atom stereocenters. The second kappa shape index (κ2) is 6.50. The van der Waals surface area contributed by atoms with E-state index in [9.17, 15) is 4.79 Å². The van der Waals surface area contributed by atoms with Crippen LogP contribution in [0.4, 0.5) is 0 Å². The molecule has 0 saturated carbocycles.